The number of amides is 1. The van der Waals surface area contributed by atoms with Crippen molar-refractivity contribution in [1.82, 2.24) is 25.0 Å². The van der Waals surface area contributed by atoms with Gasteiger partial charge in [-0.05, 0) is 24.0 Å². The molecule has 0 saturated carbocycles. The Morgan fingerprint density at radius 1 is 1.16 bits per heavy atom. The Hall–Kier alpha value is -2.32. The quantitative estimate of drug-likeness (QED) is 0.666. The predicted octanol–water partition coefficient (Wildman–Crippen LogP) is 3.23. The summed E-state index contributed by atoms with van der Waals surface area (Å²) in [7, 11) is 3.22. The molecular formula is C22H32ClN5O3. The zero-order chi connectivity index (χ0) is 22.5. The van der Waals surface area contributed by atoms with Crippen molar-refractivity contribution >= 4 is 17.5 Å². The highest BCUT2D eigenvalue weighted by atomic mass is 35.5. The zero-order valence-corrected chi connectivity index (χ0v) is 19.7. The van der Waals surface area contributed by atoms with Gasteiger partial charge in [0.15, 0.2) is 17.3 Å². The fourth-order valence-corrected chi connectivity index (χ4v) is 4.22. The van der Waals surface area contributed by atoms with E-state index in [9.17, 15) is 4.79 Å². The van der Waals surface area contributed by atoms with Crippen molar-refractivity contribution in [3.8, 4) is 11.5 Å². The third kappa shape index (κ3) is 5.68. The largest absolute Gasteiger partial charge is 0.493 e. The van der Waals surface area contributed by atoms with E-state index in [1.54, 1.807) is 27.2 Å². The lowest BCUT2D eigenvalue weighted by Crippen LogP contribution is -2.31. The molecule has 1 aromatic heterocycles. The predicted molar refractivity (Wildman–Crippen MR) is 120 cm³/mol. The van der Waals surface area contributed by atoms with Crippen LogP contribution in [-0.2, 0) is 24.3 Å². The van der Waals surface area contributed by atoms with Crippen LogP contribution in [0.15, 0.2) is 12.1 Å². The molecule has 8 nitrogen and oxygen atoms in total. The van der Waals surface area contributed by atoms with E-state index >= 15 is 0 Å². The number of carbonyl (C=O) groups is 1. The lowest BCUT2D eigenvalue weighted by molar-refractivity contribution is -0.119. The minimum atomic E-state index is -0.134. The Bertz CT molecular complexity index is 915. The van der Waals surface area contributed by atoms with Crippen molar-refractivity contribution in [3.63, 3.8) is 0 Å². The van der Waals surface area contributed by atoms with Crippen LogP contribution in [0.5, 0.6) is 11.5 Å². The molecule has 0 bridgehead atoms. The number of hydrogen-bond acceptors (Lipinski definition) is 6. The third-order valence-corrected chi connectivity index (χ3v) is 5.84. The van der Waals surface area contributed by atoms with Gasteiger partial charge in [0, 0.05) is 50.6 Å². The average Bonchev–Trinajstić information content (AvgIpc) is 3.02. The molecule has 1 N–H and O–H groups in total. The number of benzene rings is 1. The highest BCUT2D eigenvalue weighted by Gasteiger charge is 2.25. The van der Waals surface area contributed by atoms with Gasteiger partial charge in [0.25, 0.3) is 0 Å². The van der Waals surface area contributed by atoms with Crippen LogP contribution in [0, 0.1) is 5.92 Å². The van der Waals surface area contributed by atoms with E-state index in [2.05, 4.69) is 38.8 Å². The molecule has 0 radical (unpaired) electrons. The van der Waals surface area contributed by atoms with E-state index in [0.29, 0.717) is 29.0 Å². The first-order valence-corrected chi connectivity index (χ1v) is 11.0. The highest BCUT2D eigenvalue weighted by Crippen LogP contribution is 2.34. The maximum atomic E-state index is 11.7. The summed E-state index contributed by atoms with van der Waals surface area (Å²) in [6, 6.07) is 3.60. The first kappa shape index (κ1) is 23.3. The Balaban J connectivity index is 1.76. The molecule has 1 aliphatic heterocycles. The lowest BCUT2D eigenvalue weighted by atomic mass is 10.0. The normalized spacial score (nSPS) is 15.3. The maximum Gasteiger partial charge on any atom is 0.217 e. The van der Waals surface area contributed by atoms with E-state index in [0.717, 1.165) is 49.7 Å². The molecule has 9 heteroatoms. The van der Waals surface area contributed by atoms with Crippen LogP contribution in [0.25, 0.3) is 0 Å². The smallest absolute Gasteiger partial charge is 0.217 e. The minimum absolute atomic E-state index is 0.0543. The number of nitrogens with one attached hydrogen (secondary N) is 1. The Morgan fingerprint density at radius 3 is 2.52 bits per heavy atom. The van der Waals surface area contributed by atoms with Gasteiger partial charge < -0.3 is 19.4 Å². The minimum Gasteiger partial charge on any atom is -0.493 e. The molecule has 0 spiro atoms. The van der Waals surface area contributed by atoms with Gasteiger partial charge in [-0.2, -0.15) is 0 Å². The van der Waals surface area contributed by atoms with Crippen LogP contribution in [-0.4, -0.2) is 52.9 Å². The van der Waals surface area contributed by atoms with Gasteiger partial charge in [0.2, 0.25) is 5.91 Å². The van der Waals surface area contributed by atoms with Gasteiger partial charge in [-0.3, -0.25) is 9.69 Å². The monoisotopic (exact) mass is 449 g/mol. The molecule has 0 fully saturated rings. The Kier molecular flexibility index (Phi) is 7.78. The molecule has 2 aromatic rings. The lowest BCUT2D eigenvalue weighted by Gasteiger charge is -2.22. The summed E-state index contributed by atoms with van der Waals surface area (Å²) in [5.41, 5.74) is 0.994. The van der Waals surface area contributed by atoms with Gasteiger partial charge in [0.05, 0.1) is 20.3 Å². The van der Waals surface area contributed by atoms with E-state index in [1.165, 1.54) is 0 Å². The molecule has 1 aromatic carbocycles. The molecule has 31 heavy (non-hydrogen) atoms. The first-order chi connectivity index (χ1) is 14.8. The number of methoxy groups -OCH3 is 2. The fraction of sp³-hybridized carbons (Fsp3) is 0.591. The summed E-state index contributed by atoms with van der Waals surface area (Å²) in [4.78, 5) is 14.1. The molecule has 2 heterocycles. The van der Waals surface area contributed by atoms with Crippen molar-refractivity contribution in [1.29, 1.82) is 0 Å². The van der Waals surface area contributed by atoms with Crippen molar-refractivity contribution < 1.29 is 14.3 Å². The third-order valence-electron chi connectivity index (χ3n) is 5.49. The molecule has 3 rings (SSSR count). The summed E-state index contributed by atoms with van der Waals surface area (Å²) in [5.74, 6) is 3.46. The molecule has 0 aliphatic carbocycles. The van der Waals surface area contributed by atoms with Crippen LogP contribution in [0.4, 0.5) is 0 Å². The number of halogens is 1. The second-order valence-corrected chi connectivity index (χ2v) is 8.74. The van der Waals surface area contributed by atoms with Crippen LogP contribution >= 0.6 is 11.6 Å². The molecule has 1 unspecified atom stereocenters. The number of hydrogen-bond donors (Lipinski definition) is 1. The topological polar surface area (TPSA) is 81.5 Å². The summed E-state index contributed by atoms with van der Waals surface area (Å²) in [5, 5.41) is 12.6. The SMILES string of the molecule is COc1cc(Cl)c(CN2CCc3nnc(C(CC(C)C)NC(C)=O)n3CC2)cc1OC. The fourth-order valence-electron chi connectivity index (χ4n) is 4.01. The molecule has 1 atom stereocenters. The maximum absolute atomic E-state index is 11.7. The van der Waals surface area contributed by atoms with E-state index in [4.69, 9.17) is 21.1 Å². The first-order valence-electron chi connectivity index (χ1n) is 10.6. The number of rotatable bonds is 8. The van der Waals surface area contributed by atoms with E-state index in [1.807, 2.05) is 6.07 Å². The second-order valence-electron chi connectivity index (χ2n) is 8.33. The van der Waals surface area contributed by atoms with Gasteiger partial charge in [-0.1, -0.05) is 25.4 Å². The van der Waals surface area contributed by atoms with Crippen LogP contribution < -0.4 is 14.8 Å². The highest BCUT2D eigenvalue weighted by molar-refractivity contribution is 6.31. The van der Waals surface area contributed by atoms with Gasteiger partial charge in [-0.15, -0.1) is 10.2 Å². The number of carbonyl (C=O) groups excluding carboxylic acids is 1. The number of nitrogens with zero attached hydrogens (tertiary/aromatic N) is 4. The molecule has 1 amide bonds. The van der Waals surface area contributed by atoms with Crippen molar-refractivity contribution in [2.45, 2.75) is 52.7 Å². The van der Waals surface area contributed by atoms with Crippen LogP contribution in [0.3, 0.4) is 0 Å². The van der Waals surface area contributed by atoms with Gasteiger partial charge in [-0.25, -0.2) is 0 Å². The number of fused-ring (bicyclic) bond motifs is 1. The van der Waals surface area contributed by atoms with Gasteiger partial charge >= 0.3 is 0 Å². The summed E-state index contributed by atoms with van der Waals surface area (Å²) >= 11 is 6.50. The summed E-state index contributed by atoms with van der Waals surface area (Å²) < 4.78 is 12.9. The molecular weight excluding hydrogens is 418 g/mol. The second kappa shape index (κ2) is 10.3. The van der Waals surface area contributed by atoms with Crippen LogP contribution in [0.2, 0.25) is 5.02 Å². The number of aromatic nitrogens is 3. The van der Waals surface area contributed by atoms with E-state index in [-0.39, 0.29) is 11.9 Å². The van der Waals surface area contributed by atoms with Crippen molar-refractivity contribution in [2.24, 2.45) is 5.92 Å². The average molecular weight is 450 g/mol. The molecule has 1 aliphatic rings. The zero-order valence-electron chi connectivity index (χ0n) is 18.9. The Morgan fingerprint density at radius 2 is 1.87 bits per heavy atom. The summed E-state index contributed by atoms with van der Waals surface area (Å²) in [6.45, 7) is 8.97. The summed E-state index contributed by atoms with van der Waals surface area (Å²) in [6.07, 6.45) is 1.61. The Labute approximate surface area is 188 Å². The molecule has 170 valence electrons. The van der Waals surface area contributed by atoms with E-state index < -0.39 is 0 Å². The van der Waals surface area contributed by atoms with Crippen LogP contribution in [0.1, 0.15) is 50.4 Å². The standard InChI is InChI=1S/C22H32ClN5O3/c1-14(2)10-18(24-15(3)29)22-26-25-21-6-7-27(8-9-28(21)22)13-16-11-19(30-4)20(31-5)12-17(16)23/h11-12,14,18H,6-10,13H2,1-5H3,(H,24,29). The number of ether oxygens (including phenoxy) is 2. The molecule has 0 saturated heterocycles. The van der Waals surface area contributed by atoms with Gasteiger partial charge in [0.1, 0.15) is 5.82 Å². The van der Waals surface area contributed by atoms with Crippen molar-refractivity contribution in [3.05, 3.63) is 34.4 Å². The van der Waals surface area contributed by atoms with Crippen molar-refractivity contribution in [2.75, 3.05) is 27.3 Å².